The number of aryl methyl sites for hydroxylation is 1. The Hall–Kier alpha value is -2.87. The molecule has 8 nitrogen and oxygen atoms in total. The normalized spacial score (nSPS) is 10.3. The maximum absolute atomic E-state index is 12.3. The summed E-state index contributed by atoms with van der Waals surface area (Å²) in [5.74, 6) is -1.74. The van der Waals surface area contributed by atoms with Gasteiger partial charge in [0.2, 0.25) is 5.91 Å². The monoisotopic (exact) mass is 378 g/mol. The van der Waals surface area contributed by atoms with Crippen LogP contribution in [0.1, 0.15) is 34.2 Å². The molecule has 2 amide bonds. The fraction of sp³-hybridized carbons (Fsp3) is 0.294. The number of carbonyl (C=O) groups excluding carboxylic acids is 3. The van der Waals surface area contributed by atoms with Crippen LogP contribution >= 0.6 is 11.6 Å². The van der Waals surface area contributed by atoms with Crippen molar-refractivity contribution in [2.45, 2.75) is 27.3 Å². The van der Waals surface area contributed by atoms with Gasteiger partial charge in [-0.1, -0.05) is 29.8 Å². The summed E-state index contributed by atoms with van der Waals surface area (Å²) in [6.07, 6.45) is 0. The van der Waals surface area contributed by atoms with Crippen molar-refractivity contribution in [3.63, 3.8) is 0 Å². The Morgan fingerprint density at radius 2 is 1.88 bits per heavy atom. The molecule has 2 rings (SSSR count). The zero-order valence-electron chi connectivity index (χ0n) is 14.6. The average Bonchev–Trinajstić information content (AvgIpc) is 2.86. The number of rotatable bonds is 5. The molecule has 0 unspecified atom stereocenters. The standard InChI is InChI=1S/C17H19ClN4O4/c1-10-16(17(25)26-9-15(24)20-19-12(3)23)11(2)22(21-10)8-13-6-4-5-7-14(13)18/h4-7H,8-9H2,1-3H3,(H,19,23)(H,20,24). The lowest BCUT2D eigenvalue weighted by Gasteiger charge is -2.08. The molecular formula is C17H19ClN4O4. The lowest BCUT2D eigenvalue weighted by molar-refractivity contribution is -0.129. The Kier molecular flexibility index (Phi) is 6.35. The third kappa shape index (κ3) is 4.82. The second-order valence-corrected chi connectivity index (χ2v) is 6.01. The Balaban J connectivity index is 2.07. The predicted octanol–water partition coefficient (Wildman–Crippen LogP) is 1.53. The minimum absolute atomic E-state index is 0.296. The second kappa shape index (κ2) is 8.48. The van der Waals surface area contributed by atoms with E-state index in [1.165, 1.54) is 6.92 Å². The quantitative estimate of drug-likeness (QED) is 0.606. The molecule has 0 aliphatic rings. The van der Waals surface area contributed by atoms with Crippen LogP contribution in [0.15, 0.2) is 24.3 Å². The number of amides is 2. The number of nitrogens with zero attached hydrogens (tertiary/aromatic N) is 2. The van der Waals surface area contributed by atoms with Gasteiger partial charge in [0, 0.05) is 11.9 Å². The molecule has 9 heteroatoms. The van der Waals surface area contributed by atoms with Crippen LogP contribution in [0.4, 0.5) is 0 Å². The van der Waals surface area contributed by atoms with Gasteiger partial charge in [0.1, 0.15) is 5.56 Å². The summed E-state index contributed by atoms with van der Waals surface area (Å²) >= 11 is 6.17. The minimum Gasteiger partial charge on any atom is -0.452 e. The van der Waals surface area contributed by atoms with Gasteiger partial charge in [-0.05, 0) is 25.5 Å². The molecular weight excluding hydrogens is 360 g/mol. The summed E-state index contributed by atoms with van der Waals surface area (Å²) < 4.78 is 6.65. The predicted molar refractivity (Wildman–Crippen MR) is 94.5 cm³/mol. The smallest absolute Gasteiger partial charge is 0.342 e. The highest BCUT2D eigenvalue weighted by atomic mass is 35.5. The van der Waals surface area contributed by atoms with Gasteiger partial charge in [0.15, 0.2) is 6.61 Å². The highest BCUT2D eigenvalue weighted by Gasteiger charge is 2.21. The highest BCUT2D eigenvalue weighted by Crippen LogP contribution is 2.20. The van der Waals surface area contributed by atoms with Gasteiger partial charge in [0.25, 0.3) is 5.91 Å². The van der Waals surface area contributed by atoms with Gasteiger partial charge in [-0.3, -0.25) is 25.1 Å². The third-order valence-electron chi connectivity index (χ3n) is 3.58. The number of benzene rings is 1. The molecule has 0 saturated heterocycles. The summed E-state index contributed by atoms with van der Waals surface area (Å²) in [6, 6.07) is 7.37. The van der Waals surface area contributed by atoms with Crippen LogP contribution in [-0.4, -0.2) is 34.2 Å². The molecule has 1 aromatic heterocycles. The Morgan fingerprint density at radius 1 is 1.19 bits per heavy atom. The molecule has 0 spiro atoms. The molecule has 0 radical (unpaired) electrons. The largest absolute Gasteiger partial charge is 0.452 e. The first-order chi connectivity index (χ1) is 12.3. The first-order valence-electron chi connectivity index (χ1n) is 7.79. The average molecular weight is 379 g/mol. The SMILES string of the molecule is CC(=O)NNC(=O)COC(=O)c1c(C)nn(Cc2ccccc2Cl)c1C. The molecule has 2 N–H and O–H groups in total. The van der Waals surface area contributed by atoms with Crippen molar-refractivity contribution in [2.75, 3.05) is 6.61 Å². The zero-order chi connectivity index (χ0) is 19.3. The van der Waals surface area contributed by atoms with E-state index in [0.29, 0.717) is 28.5 Å². The number of hydrazine groups is 1. The van der Waals surface area contributed by atoms with Crippen LogP contribution in [-0.2, 0) is 20.9 Å². The Bertz CT molecular complexity index is 847. The zero-order valence-corrected chi connectivity index (χ0v) is 15.4. The topological polar surface area (TPSA) is 102 Å². The molecule has 2 aromatic rings. The first-order valence-corrected chi connectivity index (χ1v) is 8.17. The molecule has 0 atom stereocenters. The molecule has 0 saturated carbocycles. The van der Waals surface area contributed by atoms with Crippen molar-refractivity contribution < 1.29 is 19.1 Å². The van der Waals surface area contributed by atoms with E-state index in [9.17, 15) is 14.4 Å². The van der Waals surface area contributed by atoms with Gasteiger partial charge in [-0.15, -0.1) is 0 Å². The maximum Gasteiger partial charge on any atom is 0.342 e. The molecule has 1 heterocycles. The molecule has 1 aromatic carbocycles. The van der Waals surface area contributed by atoms with E-state index < -0.39 is 24.4 Å². The van der Waals surface area contributed by atoms with Crippen LogP contribution in [0.2, 0.25) is 5.02 Å². The van der Waals surface area contributed by atoms with Crippen LogP contribution in [0, 0.1) is 13.8 Å². The van der Waals surface area contributed by atoms with Crippen LogP contribution < -0.4 is 10.9 Å². The summed E-state index contributed by atoms with van der Waals surface area (Å²) in [4.78, 5) is 34.5. The van der Waals surface area contributed by atoms with Crippen molar-refractivity contribution >= 4 is 29.4 Å². The van der Waals surface area contributed by atoms with Crippen LogP contribution in [0.5, 0.6) is 0 Å². The number of halogens is 1. The molecule has 0 bridgehead atoms. The summed E-state index contributed by atoms with van der Waals surface area (Å²) in [6.45, 7) is 4.55. The number of carbonyl (C=O) groups is 3. The van der Waals surface area contributed by atoms with Crippen molar-refractivity contribution in [1.29, 1.82) is 0 Å². The maximum atomic E-state index is 12.3. The van der Waals surface area contributed by atoms with Crippen molar-refractivity contribution in [1.82, 2.24) is 20.6 Å². The third-order valence-corrected chi connectivity index (χ3v) is 3.94. The molecule has 0 aliphatic heterocycles. The second-order valence-electron chi connectivity index (χ2n) is 5.60. The van der Waals surface area contributed by atoms with E-state index in [2.05, 4.69) is 16.0 Å². The molecule has 0 aliphatic carbocycles. The van der Waals surface area contributed by atoms with Crippen LogP contribution in [0.25, 0.3) is 0 Å². The number of hydrogen-bond donors (Lipinski definition) is 2. The first kappa shape index (κ1) is 19.5. The van der Waals surface area contributed by atoms with Crippen molar-refractivity contribution in [3.8, 4) is 0 Å². The van der Waals surface area contributed by atoms with Gasteiger partial charge in [-0.25, -0.2) is 4.79 Å². The van der Waals surface area contributed by atoms with Gasteiger partial charge in [0.05, 0.1) is 17.9 Å². The number of nitrogens with one attached hydrogen (secondary N) is 2. The lowest BCUT2D eigenvalue weighted by Crippen LogP contribution is -2.42. The van der Waals surface area contributed by atoms with Gasteiger partial charge >= 0.3 is 5.97 Å². The number of esters is 1. The van der Waals surface area contributed by atoms with Crippen molar-refractivity contribution in [3.05, 3.63) is 51.8 Å². The number of aromatic nitrogens is 2. The molecule has 138 valence electrons. The van der Waals surface area contributed by atoms with E-state index in [1.807, 2.05) is 18.2 Å². The molecule has 26 heavy (non-hydrogen) atoms. The van der Waals surface area contributed by atoms with Gasteiger partial charge in [-0.2, -0.15) is 5.10 Å². The highest BCUT2D eigenvalue weighted by molar-refractivity contribution is 6.31. The fourth-order valence-electron chi connectivity index (χ4n) is 2.33. The van der Waals surface area contributed by atoms with E-state index in [-0.39, 0.29) is 0 Å². The number of hydrogen-bond acceptors (Lipinski definition) is 5. The summed E-state index contributed by atoms with van der Waals surface area (Å²) in [5, 5.41) is 4.96. The number of ether oxygens (including phenoxy) is 1. The summed E-state index contributed by atoms with van der Waals surface area (Å²) in [5.41, 5.74) is 6.48. The summed E-state index contributed by atoms with van der Waals surface area (Å²) in [7, 11) is 0. The Labute approximate surface area is 155 Å². The van der Waals surface area contributed by atoms with E-state index in [0.717, 1.165) is 5.56 Å². The molecule has 0 fully saturated rings. The minimum atomic E-state index is -0.664. The lowest BCUT2D eigenvalue weighted by atomic mass is 10.2. The van der Waals surface area contributed by atoms with E-state index in [4.69, 9.17) is 16.3 Å². The van der Waals surface area contributed by atoms with Crippen LogP contribution in [0.3, 0.4) is 0 Å². The van der Waals surface area contributed by atoms with Gasteiger partial charge < -0.3 is 4.74 Å². The fourth-order valence-corrected chi connectivity index (χ4v) is 2.53. The van der Waals surface area contributed by atoms with E-state index >= 15 is 0 Å². The van der Waals surface area contributed by atoms with E-state index in [1.54, 1.807) is 24.6 Å². The van der Waals surface area contributed by atoms with Crippen molar-refractivity contribution in [2.24, 2.45) is 0 Å². The Morgan fingerprint density at radius 3 is 2.54 bits per heavy atom.